The first-order chi connectivity index (χ1) is 10.6. The Morgan fingerprint density at radius 3 is 2.45 bits per heavy atom. The summed E-state index contributed by atoms with van der Waals surface area (Å²) in [7, 11) is 0. The number of amides is 1. The molecule has 5 heteroatoms. The summed E-state index contributed by atoms with van der Waals surface area (Å²) in [5.74, 6) is 0. The lowest BCUT2D eigenvalue weighted by atomic mass is 10.1. The van der Waals surface area contributed by atoms with Crippen LogP contribution in [-0.4, -0.2) is 47.4 Å². The number of unbranched alkanes of at least 4 members (excludes halogenated alkanes) is 1. The van der Waals surface area contributed by atoms with Gasteiger partial charge in [0, 0.05) is 13.1 Å². The van der Waals surface area contributed by atoms with Gasteiger partial charge in [0.05, 0.1) is 6.10 Å². The largest absolute Gasteiger partial charge is 0.465 e. The van der Waals surface area contributed by atoms with Crippen LogP contribution in [0.5, 0.6) is 0 Å². The fourth-order valence-corrected chi connectivity index (χ4v) is 2.36. The Bertz CT molecular complexity index is 406. The van der Waals surface area contributed by atoms with Gasteiger partial charge in [-0.3, -0.25) is 0 Å². The van der Waals surface area contributed by atoms with Crippen molar-refractivity contribution in [3.63, 3.8) is 0 Å². The molecular weight excluding hydrogens is 280 g/mol. The third kappa shape index (κ3) is 8.00. The van der Waals surface area contributed by atoms with Crippen molar-refractivity contribution in [2.24, 2.45) is 0 Å². The molecule has 0 bridgehead atoms. The molecule has 2 rings (SSSR count). The summed E-state index contributed by atoms with van der Waals surface area (Å²) in [5, 5.41) is 20.2. The molecule has 0 saturated carbocycles. The van der Waals surface area contributed by atoms with Crippen LogP contribution in [0.3, 0.4) is 0 Å². The summed E-state index contributed by atoms with van der Waals surface area (Å²) in [6, 6.07) is 9.90. The van der Waals surface area contributed by atoms with Gasteiger partial charge in [0.25, 0.3) is 0 Å². The normalized spacial score (nSPS) is 15.7. The molecule has 1 aromatic carbocycles. The predicted molar refractivity (Wildman–Crippen MR) is 88.0 cm³/mol. The zero-order chi connectivity index (χ0) is 16.2. The molecule has 3 N–H and O–H groups in total. The fourth-order valence-electron chi connectivity index (χ4n) is 2.36. The first kappa shape index (κ1) is 18.5. The van der Waals surface area contributed by atoms with E-state index in [4.69, 9.17) is 5.11 Å². The van der Waals surface area contributed by atoms with Crippen LogP contribution < -0.4 is 5.32 Å². The number of aliphatic hydroxyl groups excluding tert-OH is 1. The van der Waals surface area contributed by atoms with E-state index in [0.29, 0.717) is 6.54 Å². The van der Waals surface area contributed by atoms with Crippen LogP contribution in [0.1, 0.15) is 44.3 Å². The van der Waals surface area contributed by atoms with Crippen molar-refractivity contribution in [1.29, 1.82) is 0 Å². The van der Waals surface area contributed by atoms with Gasteiger partial charge in [0.2, 0.25) is 0 Å². The second kappa shape index (κ2) is 11.0. The average Bonchev–Trinajstić information content (AvgIpc) is 3.02. The predicted octanol–water partition coefficient (Wildman–Crippen LogP) is 2.87. The minimum absolute atomic E-state index is 0.325. The number of carbonyl (C=O) groups is 1. The summed E-state index contributed by atoms with van der Waals surface area (Å²) >= 11 is 0. The maximum atomic E-state index is 9.94. The molecule has 1 atom stereocenters. The molecule has 1 heterocycles. The van der Waals surface area contributed by atoms with Gasteiger partial charge in [-0.2, -0.15) is 0 Å². The standard InChI is InChI=1S/C12H17NO.C5H11NO2/c14-12(10-13-8-4-5-9-13)11-6-2-1-3-7-11;1-2-3-4-6-5(7)8/h1-3,6-7,12,14H,4-5,8-10H2;6H,2-4H2,1H3,(H,7,8). The molecule has 124 valence electrons. The summed E-state index contributed by atoms with van der Waals surface area (Å²) in [4.78, 5) is 12.1. The summed E-state index contributed by atoms with van der Waals surface area (Å²) in [5.41, 5.74) is 1.03. The number of nitrogens with one attached hydrogen (secondary N) is 1. The quantitative estimate of drug-likeness (QED) is 0.707. The van der Waals surface area contributed by atoms with E-state index in [1.807, 2.05) is 37.3 Å². The van der Waals surface area contributed by atoms with Crippen LogP contribution in [0, 0.1) is 0 Å². The van der Waals surface area contributed by atoms with Crippen molar-refractivity contribution >= 4 is 6.09 Å². The van der Waals surface area contributed by atoms with Gasteiger partial charge in [0.1, 0.15) is 0 Å². The molecule has 1 aliphatic heterocycles. The number of hydrogen-bond acceptors (Lipinski definition) is 3. The van der Waals surface area contributed by atoms with E-state index >= 15 is 0 Å². The third-order valence-electron chi connectivity index (χ3n) is 3.62. The zero-order valence-corrected chi connectivity index (χ0v) is 13.4. The highest BCUT2D eigenvalue weighted by Crippen LogP contribution is 2.16. The van der Waals surface area contributed by atoms with Crippen LogP contribution in [0.4, 0.5) is 4.79 Å². The van der Waals surface area contributed by atoms with E-state index in [9.17, 15) is 9.90 Å². The van der Waals surface area contributed by atoms with Crippen LogP contribution in [0.25, 0.3) is 0 Å². The number of aliphatic hydroxyl groups is 1. The molecule has 22 heavy (non-hydrogen) atoms. The minimum atomic E-state index is -0.932. The van der Waals surface area contributed by atoms with Gasteiger partial charge in [-0.1, -0.05) is 43.7 Å². The molecule has 1 aliphatic rings. The molecule has 1 amide bonds. The van der Waals surface area contributed by atoms with Crippen molar-refractivity contribution in [2.45, 2.75) is 38.7 Å². The molecular formula is C17H28N2O3. The smallest absolute Gasteiger partial charge is 0.404 e. The number of nitrogens with zero attached hydrogens (tertiary/aromatic N) is 1. The van der Waals surface area contributed by atoms with E-state index in [2.05, 4.69) is 10.2 Å². The maximum Gasteiger partial charge on any atom is 0.404 e. The lowest BCUT2D eigenvalue weighted by molar-refractivity contribution is 0.126. The molecule has 0 aromatic heterocycles. The maximum absolute atomic E-state index is 9.94. The molecule has 0 spiro atoms. The Morgan fingerprint density at radius 2 is 1.91 bits per heavy atom. The molecule has 0 aliphatic carbocycles. The van der Waals surface area contributed by atoms with E-state index in [0.717, 1.165) is 38.0 Å². The Balaban J connectivity index is 0.000000261. The van der Waals surface area contributed by atoms with Crippen molar-refractivity contribution in [1.82, 2.24) is 10.2 Å². The zero-order valence-electron chi connectivity index (χ0n) is 13.4. The monoisotopic (exact) mass is 308 g/mol. The summed E-state index contributed by atoms with van der Waals surface area (Å²) in [6.07, 6.45) is 3.25. The molecule has 1 saturated heterocycles. The Kier molecular flexibility index (Phi) is 9.26. The van der Waals surface area contributed by atoms with Crippen LogP contribution in [-0.2, 0) is 0 Å². The summed E-state index contributed by atoms with van der Waals surface area (Å²) in [6.45, 7) is 5.66. The Hall–Kier alpha value is -1.59. The number of likely N-dealkylation sites (tertiary alicyclic amines) is 1. The Morgan fingerprint density at radius 1 is 1.27 bits per heavy atom. The molecule has 1 fully saturated rings. The molecule has 1 unspecified atom stereocenters. The lowest BCUT2D eigenvalue weighted by Crippen LogP contribution is -2.25. The number of benzene rings is 1. The van der Waals surface area contributed by atoms with E-state index in [1.165, 1.54) is 12.8 Å². The van der Waals surface area contributed by atoms with E-state index in [-0.39, 0.29) is 6.10 Å². The number of carboxylic acid groups (broad SMARTS) is 1. The van der Waals surface area contributed by atoms with E-state index < -0.39 is 6.09 Å². The fraction of sp³-hybridized carbons (Fsp3) is 0.588. The van der Waals surface area contributed by atoms with Crippen molar-refractivity contribution in [3.05, 3.63) is 35.9 Å². The van der Waals surface area contributed by atoms with Gasteiger partial charge in [-0.25, -0.2) is 4.79 Å². The second-order valence-corrected chi connectivity index (χ2v) is 5.52. The van der Waals surface area contributed by atoms with Gasteiger partial charge in [-0.15, -0.1) is 0 Å². The van der Waals surface area contributed by atoms with Crippen LogP contribution in [0.2, 0.25) is 0 Å². The lowest BCUT2D eigenvalue weighted by Gasteiger charge is -2.19. The molecule has 5 nitrogen and oxygen atoms in total. The number of rotatable bonds is 6. The van der Waals surface area contributed by atoms with Crippen LogP contribution in [0.15, 0.2) is 30.3 Å². The van der Waals surface area contributed by atoms with Crippen LogP contribution >= 0.6 is 0 Å². The molecule has 0 radical (unpaired) electrons. The van der Waals surface area contributed by atoms with E-state index in [1.54, 1.807) is 0 Å². The minimum Gasteiger partial charge on any atom is -0.465 e. The van der Waals surface area contributed by atoms with Crippen molar-refractivity contribution < 1.29 is 15.0 Å². The Labute approximate surface area is 133 Å². The van der Waals surface area contributed by atoms with Gasteiger partial charge >= 0.3 is 6.09 Å². The van der Waals surface area contributed by atoms with Gasteiger partial charge in [-0.05, 0) is 37.9 Å². The number of hydrogen-bond donors (Lipinski definition) is 3. The van der Waals surface area contributed by atoms with Gasteiger partial charge in [0.15, 0.2) is 0 Å². The first-order valence-corrected chi connectivity index (χ1v) is 8.05. The highest BCUT2D eigenvalue weighted by atomic mass is 16.4. The molecule has 1 aromatic rings. The summed E-state index contributed by atoms with van der Waals surface area (Å²) < 4.78 is 0. The topological polar surface area (TPSA) is 72.8 Å². The second-order valence-electron chi connectivity index (χ2n) is 5.52. The van der Waals surface area contributed by atoms with Crippen molar-refractivity contribution in [3.8, 4) is 0 Å². The SMILES string of the molecule is CCCCNC(=O)O.OC(CN1CCCC1)c1ccccc1. The first-order valence-electron chi connectivity index (χ1n) is 8.05. The highest BCUT2D eigenvalue weighted by molar-refractivity contribution is 5.64. The number of β-amino-alcohol motifs (C(OH)–C–C–N with tert-alkyl or cyclic N) is 1. The van der Waals surface area contributed by atoms with Gasteiger partial charge < -0.3 is 20.4 Å². The third-order valence-corrected chi connectivity index (χ3v) is 3.62. The average molecular weight is 308 g/mol. The highest BCUT2D eigenvalue weighted by Gasteiger charge is 2.16. The van der Waals surface area contributed by atoms with Crippen molar-refractivity contribution in [2.75, 3.05) is 26.2 Å².